The third-order valence-electron chi connectivity index (χ3n) is 4.56. The lowest BCUT2D eigenvalue weighted by molar-refractivity contribution is 0.0841. The van der Waals surface area contributed by atoms with Crippen molar-refractivity contribution in [3.63, 3.8) is 0 Å². The zero-order valence-electron chi connectivity index (χ0n) is 14.4. The molecule has 7 nitrogen and oxygen atoms in total. The van der Waals surface area contributed by atoms with Gasteiger partial charge in [0.1, 0.15) is 5.69 Å². The fourth-order valence-corrected chi connectivity index (χ4v) is 3.23. The van der Waals surface area contributed by atoms with E-state index >= 15 is 0 Å². The Morgan fingerprint density at radius 1 is 1.08 bits per heavy atom. The number of amides is 2. The number of carbonyl (C=O) groups is 2. The Hall–Kier alpha value is -3.35. The van der Waals surface area contributed by atoms with Crippen LogP contribution in [0.3, 0.4) is 0 Å². The van der Waals surface area contributed by atoms with Crippen molar-refractivity contribution in [3.8, 4) is 5.69 Å². The van der Waals surface area contributed by atoms with Crippen molar-refractivity contribution in [2.24, 2.45) is 0 Å². The largest absolute Gasteiger partial charge is 0.357 e. The minimum Gasteiger partial charge on any atom is -0.357 e. The molecule has 1 aliphatic rings. The number of aryl methyl sites for hydroxylation is 1. The Kier molecular flexibility index (Phi) is 4.04. The minimum absolute atomic E-state index is 0.366. The summed E-state index contributed by atoms with van der Waals surface area (Å²) in [6.07, 6.45) is 4.34. The molecule has 3 aromatic rings. The number of carbonyl (C=O) groups excluding carboxylic acids is 2. The van der Waals surface area contributed by atoms with Crippen molar-refractivity contribution in [2.45, 2.75) is 26.2 Å². The van der Waals surface area contributed by atoms with Gasteiger partial charge in [-0.1, -0.05) is 17.7 Å². The van der Waals surface area contributed by atoms with Gasteiger partial charge in [0.15, 0.2) is 5.69 Å². The molecule has 0 aliphatic heterocycles. The summed E-state index contributed by atoms with van der Waals surface area (Å²) in [7, 11) is 0. The first-order valence-corrected chi connectivity index (χ1v) is 8.55. The van der Waals surface area contributed by atoms with E-state index < -0.39 is 11.8 Å². The molecule has 0 fully saturated rings. The lowest BCUT2D eigenvalue weighted by Crippen LogP contribution is -2.42. The molecule has 0 saturated carbocycles. The van der Waals surface area contributed by atoms with Crippen LogP contribution in [0.4, 0.5) is 0 Å². The highest BCUT2D eigenvalue weighted by atomic mass is 16.2. The number of nitrogens with zero attached hydrogens (tertiary/aromatic N) is 2. The van der Waals surface area contributed by atoms with Gasteiger partial charge in [-0.05, 0) is 50.5 Å². The van der Waals surface area contributed by atoms with E-state index in [1.165, 1.54) is 5.56 Å². The predicted octanol–water partition coefficient (Wildman–Crippen LogP) is 2.07. The second kappa shape index (κ2) is 6.51. The van der Waals surface area contributed by atoms with Gasteiger partial charge < -0.3 is 4.98 Å². The number of hydrazine groups is 1. The van der Waals surface area contributed by atoms with Gasteiger partial charge in [0.25, 0.3) is 11.8 Å². The highest BCUT2D eigenvalue weighted by Gasteiger charge is 2.27. The molecule has 1 aromatic carbocycles. The summed E-state index contributed by atoms with van der Waals surface area (Å²) in [4.78, 5) is 27.3. The van der Waals surface area contributed by atoms with Crippen LogP contribution in [0.25, 0.3) is 5.69 Å². The fraction of sp³-hybridized carbons (Fsp3) is 0.211. The van der Waals surface area contributed by atoms with Crippen LogP contribution in [0.1, 0.15) is 44.2 Å². The molecule has 4 rings (SSSR count). The molecule has 2 amide bonds. The molecular weight excluding hydrogens is 330 g/mol. The van der Waals surface area contributed by atoms with E-state index in [0.29, 0.717) is 11.4 Å². The molecule has 2 aromatic heterocycles. The second-order valence-electron chi connectivity index (χ2n) is 6.37. The van der Waals surface area contributed by atoms with E-state index in [4.69, 9.17) is 0 Å². The van der Waals surface area contributed by atoms with E-state index in [9.17, 15) is 9.59 Å². The molecule has 0 unspecified atom stereocenters. The monoisotopic (exact) mass is 349 g/mol. The van der Waals surface area contributed by atoms with Crippen molar-refractivity contribution >= 4 is 11.8 Å². The highest BCUT2D eigenvalue weighted by molar-refractivity contribution is 5.98. The Labute approximate surface area is 150 Å². The lowest BCUT2D eigenvalue weighted by Gasteiger charge is -2.06. The summed E-state index contributed by atoms with van der Waals surface area (Å²) in [5.41, 5.74) is 9.73. The third kappa shape index (κ3) is 2.88. The van der Waals surface area contributed by atoms with Crippen LogP contribution in [0.15, 0.2) is 42.6 Å². The summed E-state index contributed by atoms with van der Waals surface area (Å²) < 4.78 is 1.84. The van der Waals surface area contributed by atoms with Gasteiger partial charge in [-0.15, -0.1) is 0 Å². The normalized spacial score (nSPS) is 12.7. The molecule has 26 heavy (non-hydrogen) atoms. The van der Waals surface area contributed by atoms with Gasteiger partial charge in [-0.25, -0.2) is 4.68 Å². The van der Waals surface area contributed by atoms with E-state index in [1.807, 2.05) is 35.9 Å². The minimum atomic E-state index is -0.408. The van der Waals surface area contributed by atoms with E-state index in [2.05, 4.69) is 20.9 Å². The van der Waals surface area contributed by atoms with Crippen molar-refractivity contribution in [2.75, 3.05) is 0 Å². The number of aromatic amines is 1. The standard InChI is InChI=1S/C19H19N5O2/c1-12-7-9-13(10-8-12)24-16-6-2-4-14(16)17(23-24)19(26)22-21-18(25)15-5-3-11-20-15/h3,5,7-11,20H,2,4,6H2,1H3,(H,21,25)(H,22,26). The zero-order valence-corrected chi connectivity index (χ0v) is 14.4. The first kappa shape index (κ1) is 16.1. The topological polar surface area (TPSA) is 91.8 Å². The van der Waals surface area contributed by atoms with Crippen molar-refractivity contribution < 1.29 is 9.59 Å². The Morgan fingerprint density at radius 2 is 1.85 bits per heavy atom. The summed E-state index contributed by atoms with van der Waals surface area (Å²) in [5.74, 6) is -0.813. The summed E-state index contributed by atoms with van der Waals surface area (Å²) >= 11 is 0. The summed E-state index contributed by atoms with van der Waals surface area (Å²) in [6.45, 7) is 2.03. The smallest absolute Gasteiger partial charge is 0.290 e. The molecule has 3 N–H and O–H groups in total. The van der Waals surface area contributed by atoms with E-state index in [0.717, 1.165) is 36.2 Å². The molecule has 2 heterocycles. The van der Waals surface area contributed by atoms with Gasteiger partial charge in [0.2, 0.25) is 0 Å². The zero-order chi connectivity index (χ0) is 18.1. The molecule has 7 heteroatoms. The maximum Gasteiger partial charge on any atom is 0.290 e. The number of fused-ring (bicyclic) bond motifs is 1. The maximum absolute atomic E-state index is 12.6. The quantitative estimate of drug-likeness (QED) is 0.632. The third-order valence-corrected chi connectivity index (χ3v) is 4.56. The van der Waals surface area contributed by atoms with Crippen LogP contribution in [-0.4, -0.2) is 26.6 Å². The summed E-state index contributed by atoms with van der Waals surface area (Å²) in [5, 5.41) is 4.52. The first-order valence-electron chi connectivity index (χ1n) is 8.55. The van der Waals surface area contributed by atoms with Crippen molar-refractivity contribution in [1.29, 1.82) is 0 Å². The number of nitrogens with one attached hydrogen (secondary N) is 3. The predicted molar refractivity (Wildman–Crippen MR) is 96.1 cm³/mol. The molecule has 132 valence electrons. The summed E-state index contributed by atoms with van der Waals surface area (Å²) in [6, 6.07) is 11.4. The van der Waals surface area contributed by atoms with Crippen LogP contribution >= 0.6 is 0 Å². The Morgan fingerprint density at radius 3 is 2.58 bits per heavy atom. The second-order valence-corrected chi connectivity index (χ2v) is 6.37. The molecule has 1 aliphatic carbocycles. The van der Waals surface area contributed by atoms with Crippen LogP contribution < -0.4 is 10.9 Å². The fourth-order valence-electron chi connectivity index (χ4n) is 3.23. The van der Waals surface area contributed by atoms with Gasteiger partial charge >= 0.3 is 0 Å². The van der Waals surface area contributed by atoms with E-state index in [1.54, 1.807) is 18.3 Å². The lowest BCUT2D eigenvalue weighted by atomic mass is 10.2. The molecular formula is C19H19N5O2. The molecule has 0 bridgehead atoms. The molecule has 0 spiro atoms. The number of hydrogen-bond donors (Lipinski definition) is 3. The van der Waals surface area contributed by atoms with Gasteiger partial charge in [-0.3, -0.25) is 20.4 Å². The van der Waals surface area contributed by atoms with Crippen molar-refractivity contribution in [1.82, 2.24) is 25.6 Å². The SMILES string of the molecule is Cc1ccc(-n2nc(C(=O)NNC(=O)c3ccc[nH]3)c3c2CCC3)cc1. The van der Waals surface area contributed by atoms with Gasteiger partial charge in [0.05, 0.1) is 5.69 Å². The number of rotatable bonds is 3. The van der Waals surface area contributed by atoms with Crippen molar-refractivity contribution in [3.05, 3.63) is 70.8 Å². The molecule has 0 radical (unpaired) electrons. The van der Waals surface area contributed by atoms with Crippen LogP contribution in [-0.2, 0) is 12.8 Å². The average Bonchev–Trinajstić information content (AvgIpc) is 3.37. The molecule has 0 atom stereocenters. The van der Waals surface area contributed by atoms with Crippen LogP contribution in [0, 0.1) is 6.92 Å². The van der Waals surface area contributed by atoms with Crippen LogP contribution in [0.2, 0.25) is 0 Å². The van der Waals surface area contributed by atoms with E-state index in [-0.39, 0.29) is 0 Å². The first-order chi connectivity index (χ1) is 12.6. The van der Waals surface area contributed by atoms with Crippen LogP contribution in [0.5, 0.6) is 0 Å². The number of hydrogen-bond acceptors (Lipinski definition) is 3. The number of H-pyrrole nitrogens is 1. The Bertz CT molecular complexity index is 955. The van der Waals surface area contributed by atoms with Gasteiger partial charge in [0, 0.05) is 17.5 Å². The molecule has 0 saturated heterocycles. The maximum atomic E-state index is 12.6. The number of aromatic nitrogens is 3. The van der Waals surface area contributed by atoms with Gasteiger partial charge in [-0.2, -0.15) is 5.10 Å². The average molecular weight is 349 g/mol. The number of benzene rings is 1. The highest BCUT2D eigenvalue weighted by Crippen LogP contribution is 2.27. The Balaban J connectivity index is 1.57.